The maximum absolute atomic E-state index is 13.3. The van der Waals surface area contributed by atoms with Gasteiger partial charge in [-0.25, -0.2) is 9.59 Å². The minimum Gasteiger partial charge on any atom is -0.493 e. The summed E-state index contributed by atoms with van der Waals surface area (Å²) in [6, 6.07) is 5.22. The standard InChI is InChI=1S/C23H29N3O6/c1-12(2)11-32-22(28)17-13(3)24-20-19(21(27)26(5)23(29)25(20)4)18(17)14-8-9-15(30-6)16(10-14)31-7/h8-10,12,18,24H,11H2,1-7H3. The normalized spacial score (nSPS) is 15.3. The lowest BCUT2D eigenvalue weighted by Crippen LogP contribution is -2.43. The van der Waals surface area contributed by atoms with E-state index >= 15 is 0 Å². The molecule has 3 rings (SSSR count). The molecule has 0 saturated carbocycles. The number of fused-ring (bicyclic) bond motifs is 1. The lowest BCUT2D eigenvalue weighted by atomic mass is 9.82. The lowest BCUT2D eigenvalue weighted by molar-refractivity contribution is -0.140. The molecule has 1 atom stereocenters. The zero-order valence-electron chi connectivity index (χ0n) is 19.4. The number of aromatic nitrogens is 2. The zero-order valence-corrected chi connectivity index (χ0v) is 19.4. The Bertz CT molecular complexity index is 1210. The molecule has 32 heavy (non-hydrogen) atoms. The van der Waals surface area contributed by atoms with Crippen LogP contribution < -0.4 is 26.0 Å². The van der Waals surface area contributed by atoms with Crippen molar-refractivity contribution in [1.29, 1.82) is 0 Å². The van der Waals surface area contributed by atoms with Crippen molar-refractivity contribution in [3.63, 3.8) is 0 Å². The Morgan fingerprint density at radius 3 is 2.34 bits per heavy atom. The molecule has 0 aliphatic carbocycles. The van der Waals surface area contributed by atoms with Gasteiger partial charge in [-0.3, -0.25) is 13.9 Å². The monoisotopic (exact) mass is 443 g/mol. The van der Waals surface area contributed by atoms with E-state index in [1.807, 2.05) is 13.8 Å². The highest BCUT2D eigenvalue weighted by Gasteiger charge is 2.37. The highest BCUT2D eigenvalue weighted by molar-refractivity contribution is 5.94. The van der Waals surface area contributed by atoms with Gasteiger partial charge in [-0.2, -0.15) is 0 Å². The summed E-state index contributed by atoms with van der Waals surface area (Å²) in [6.45, 7) is 5.86. The van der Waals surface area contributed by atoms with Gasteiger partial charge in [-0.05, 0) is 30.5 Å². The van der Waals surface area contributed by atoms with Crippen molar-refractivity contribution in [2.24, 2.45) is 20.0 Å². The Labute approximate surface area is 186 Å². The number of rotatable bonds is 6. The molecule has 1 aromatic heterocycles. The van der Waals surface area contributed by atoms with E-state index in [0.29, 0.717) is 34.2 Å². The van der Waals surface area contributed by atoms with Crippen LogP contribution in [0.15, 0.2) is 39.1 Å². The van der Waals surface area contributed by atoms with Gasteiger partial charge in [-0.15, -0.1) is 0 Å². The molecule has 2 aromatic rings. The number of nitrogens with one attached hydrogen (secondary N) is 1. The maximum atomic E-state index is 13.3. The number of hydrogen-bond acceptors (Lipinski definition) is 7. The molecular weight excluding hydrogens is 414 g/mol. The lowest BCUT2D eigenvalue weighted by Gasteiger charge is -2.31. The topological polar surface area (TPSA) is 101 Å². The summed E-state index contributed by atoms with van der Waals surface area (Å²) in [6.07, 6.45) is 0. The van der Waals surface area contributed by atoms with Gasteiger partial charge in [0.25, 0.3) is 5.56 Å². The fourth-order valence-electron chi connectivity index (χ4n) is 3.84. The van der Waals surface area contributed by atoms with Gasteiger partial charge in [0.05, 0.1) is 37.9 Å². The number of carbonyl (C=O) groups excluding carboxylic acids is 1. The molecule has 9 nitrogen and oxygen atoms in total. The fourth-order valence-corrected chi connectivity index (χ4v) is 3.84. The fraction of sp³-hybridized carbons (Fsp3) is 0.435. The van der Waals surface area contributed by atoms with Gasteiger partial charge < -0.3 is 19.5 Å². The third-order valence-corrected chi connectivity index (χ3v) is 5.50. The van der Waals surface area contributed by atoms with Crippen LogP contribution in [0.5, 0.6) is 11.5 Å². The number of methoxy groups -OCH3 is 2. The largest absolute Gasteiger partial charge is 0.493 e. The smallest absolute Gasteiger partial charge is 0.336 e. The van der Waals surface area contributed by atoms with Crippen LogP contribution >= 0.6 is 0 Å². The predicted octanol–water partition coefficient (Wildman–Crippen LogP) is 2.13. The second-order valence-corrected chi connectivity index (χ2v) is 8.17. The van der Waals surface area contributed by atoms with E-state index in [9.17, 15) is 14.4 Å². The molecule has 172 valence electrons. The van der Waals surface area contributed by atoms with Gasteiger partial charge >= 0.3 is 11.7 Å². The van der Waals surface area contributed by atoms with E-state index in [1.165, 1.54) is 25.8 Å². The van der Waals surface area contributed by atoms with Gasteiger partial charge in [0.1, 0.15) is 5.82 Å². The van der Waals surface area contributed by atoms with E-state index in [4.69, 9.17) is 14.2 Å². The third kappa shape index (κ3) is 3.90. The predicted molar refractivity (Wildman–Crippen MR) is 120 cm³/mol. The second-order valence-electron chi connectivity index (χ2n) is 8.17. The zero-order chi connectivity index (χ0) is 23.7. The molecule has 0 bridgehead atoms. The van der Waals surface area contributed by atoms with E-state index in [0.717, 1.165) is 4.57 Å². The van der Waals surface area contributed by atoms with Crippen molar-refractivity contribution in [2.45, 2.75) is 26.7 Å². The molecule has 1 aromatic carbocycles. The Kier molecular flexibility index (Phi) is 6.47. The van der Waals surface area contributed by atoms with Crippen LogP contribution in [0.3, 0.4) is 0 Å². The van der Waals surface area contributed by atoms with Crippen molar-refractivity contribution in [3.8, 4) is 11.5 Å². The number of allylic oxidation sites excluding steroid dienone is 1. The first kappa shape index (κ1) is 23.2. The maximum Gasteiger partial charge on any atom is 0.336 e. The molecule has 9 heteroatoms. The van der Waals surface area contributed by atoms with Gasteiger partial charge in [0.2, 0.25) is 0 Å². The second kappa shape index (κ2) is 8.94. The van der Waals surface area contributed by atoms with Crippen LogP contribution in [-0.2, 0) is 23.6 Å². The average molecular weight is 444 g/mol. The SMILES string of the molecule is COc1ccc(C2C(C(=O)OCC(C)C)=C(C)Nc3c2c(=O)n(C)c(=O)n3C)cc1OC. The summed E-state index contributed by atoms with van der Waals surface area (Å²) in [4.78, 5) is 39.0. The van der Waals surface area contributed by atoms with Crippen molar-refractivity contribution < 1.29 is 19.0 Å². The molecular formula is C23H29N3O6. The summed E-state index contributed by atoms with van der Waals surface area (Å²) < 4.78 is 18.7. The van der Waals surface area contributed by atoms with Gasteiger partial charge in [-0.1, -0.05) is 19.9 Å². The van der Waals surface area contributed by atoms with E-state index < -0.39 is 23.1 Å². The third-order valence-electron chi connectivity index (χ3n) is 5.50. The van der Waals surface area contributed by atoms with Crippen molar-refractivity contribution in [3.05, 3.63) is 61.4 Å². The van der Waals surface area contributed by atoms with Crippen molar-refractivity contribution in [1.82, 2.24) is 9.13 Å². The number of ether oxygens (including phenoxy) is 3. The summed E-state index contributed by atoms with van der Waals surface area (Å²) in [7, 11) is 6.04. The first-order valence-electron chi connectivity index (χ1n) is 10.3. The number of nitrogens with zero attached hydrogens (tertiary/aromatic N) is 2. The molecule has 1 unspecified atom stereocenters. The highest BCUT2D eigenvalue weighted by Crippen LogP contribution is 2.42. The average Bonchev–Trinajstić information content (AvgIpc) is 2.78. The van der Waals surface area contributed by atoms with E-state index in [-0.39, 0.29) is 18.1 Å². The minimum absolute atomic E-state index is 0.150. The number of anilines is 1. The minimum atomic E-state index is -0.767. The van der Waals surface area contributed by atoms with Crippen LogP contribution in [0.25, 0.3) is 0 Å². The molecule has 0 radical (unpaired) electrons. The van der Waals surface area contributed by atoms with Crippen molar-refractivity contribution in [2.75, 3.05) is 26.1 Å². The van der Waals surface area contributed by atoms with Gasteiger partial charge in [0.15, 0.2) is 11.5 Å². The molecule has 0 fully saturated rings. The first-order valence-corrected chi connectivity index (χ1v) is 10.3. The number of hydrogen-bond donors (Lipinski definition) is 1. The number of esters is 1. The molecule has 1 aliphatic rings. The van der Waals surface area contributed by atoms with Gasteiger partial charge in [0, 0.05) is 19.8 Å². The first-order chi connectivity index (χ1) is 15.1. The quantitative estimate of drug-likeness (QED) is 0.683. The summed E-state index contributed by atoms with van der Waals surface area (Å²) in [5, 5.41) is 3.08. The Morgan fingerprint density at radius 2 is 1.75 bits per heavy atom. The Balaban J connectivity index is 2.32. The summed E-state index contributed by atoms with van der Waals surface area (Å²) in [5.74, 6) is 0.177. The van der Waals surface area contributed by atoms with Crippen LogP contribution in [0, 0.1) is 5.92 Å². The summed E-state index contributed by atoms with van der Waals surface area (Å²) >= 11 is 0. The van der Waals surface area contributed by atoms with E-state index in [2.05, 4.69) is 5.32 Å². The number of carbonyl (C=O) groups is 1. The highest BCUT2D eigenvalue weighted by atomic mass is 16.5. The van der Waals surface area contributed by atoms with Crippen LogP contribution in [0.1, 0.15) is 37.8 Å². The van der Waals surface area contributed by atoms with Crippen molar-refractivity contribution >= 4 is 11.8 Å². The van der Waals surface area contributed by atoms with Crippen LogP contribution in [-0.4, -0.2) is 35.9 Å². The molecule has 0 amide bonds. The number of benzene rings is 1. The van der Waals surface area contributed by atoms with Crippen LogP contribution in [0.2, 0.25) is 0 Å². The molecule has 1 N–H and O–H groups in total. The molecule has 2 heterocycles. The molecule has 0 spiro atoms. The molecule has 0 saturated heterocycles. The Morgan fingerprint density at radius 1 is 1.09 bits per heavy atom. The van der Waals surface area contributed by atoms with Crippen LogP contribution in [0.4, 0.5) is 5.82 Å². The molecule has 1 aliphatic heterocycles. The summed E-state index contributed by atoms with van der Waals surface area (Å²) in [5.41, 5.74) is 0.777. The Hall–Kier alpha value is -3.49. The van der Waals surface area contributed by atoms with E-state index in [1.54, 1.807) is 32.2 Å².